The number of rotatable bonds is 9. The third kappa shape index (κ3) is 4.06. The number of benzene rings is 1. The summed E-state index contributed by atoms with van der Waals surface area (Å²) in [5.41, 5.74) is 6.07. The summed E-state index contributed by atoms with van der Waals surface area (Å²) in [4.78, 5) is 12.9. The van der Waals surface area contributed by atoms with Gasteiger partial charge < -0.3 is 25.3 Å². The average Bonchev–Trinajstić information content (AvgIpc) is 2.63. The van der Waals surface area contributed by atoms with Gasteiger partial charge in [-0.3, -0.25) is 4.79 Å². The van der Waals surface area contributed by atoms with Crippen molar-refractivity contribution in [2.45, 2.75) is 65.6 Å². The third-order valence-corrected chi connectivity index (χ3v) is 5.65. The second-order valence-corrected chi connectivity index (χ2v) is 7.61. The molecule has 0 aromatic heterocycles. The second kappa shape index (κ2) is 8.48. The zero-order valence-corrected chi connectivity index (χ0v) is 17.4. The van der Waals surface area contributed by atoms with Gasteiger partial charge in [-0.1, -0.05) is 19.9 Å². The van der Waals surface area contributed by atoms with E-state index in [2.05, 4.69) is 5.32 Å². The van der Waals surface area contributed by atoms with Gasteiger partial charge >= 0.3 is 0 Å². The molecular weight excluding hydrogens is 344 g/mol. The average molecular weight is 379 g/mol. The molecule has 0 radical (unpaired) electrons. The van der Waals surface area contributed by atoms with Crippen LogP contribution in [0.25, 0.3) is 0 Å². The topological polar surface area (TPSA) is 82.8 Å². The Kier molecular flexibility index (Phi) is 6.76. The lowest BCUT2D eigenvalue weighted by Crippen LogP contribution is -2.75. The zero-order valence-electron chi connectivity index (χ0n) is 17.4. The molecule has 2 rings (SSSR count). The van der Waals surface area contributed by atoms with Gasteiger partial charge in [-0.15, -0.1) is 0 Å². The lowest BCUT2D eigenvalue weighted by molar-refractivity contribution is -0.171. The summed E-state index contributed by atoms with van der Waals surface area (Å²) >= 11 is 0. The Labute approximate surface area is 162 Å². The molecule has 152 valence electrons. The molecule has 1 aliphatic carbocycles. The van der Waals surface area contributed by atoms with Crippen LogP contribution in [0, 0.1) is 5.41 Å². The molecule has 3 unspecified atom stereocenters. The Morgan fingerprint density at radius 2 is 1.81 bits per heavy atom. The van der Waals surface area contributed by atoms with Crippen molar-refractivity contribution < 1.29 is 19.0 Å². The molecular formula is C21H34N2O4. The van der Waals surface area contributed by atoms with Crippen LogP contribution >= 0.6 is 0 Å². The van der Waals surface area contributed by atoms with Crippen LogP contribution in [-0.2, 0) is 9.53 Å². The van der Waals surface area contributed by atoms with E-state index in [9.17, 15) is 4.79 Å². The maximum absolute atomic E-state index is 12.9. The van der Waals surface area contributed by atoms with Gasteiger partial charge in [-0.2, -0.15) is 0 Å². The van der Waals surface area contributed by atoms with Crippen molar-refractivity contribution in [2.75, 3.05) is 19.8 Å². The number of hydrogen-bond donors (Lipinski definition) is 2. The Bertz CT molecular complexity index is 662. The molecule has 0 heterocycles. The molecule has 1 aliphatic rings. The Balaban J connectivity index is 2.11. The van der Waals surface area contributed by atoms with Crippen molar-refractivity contribution in [3.8, 4) is 11.5 Å². The lowest BCUT2D eigenvalue weighted by atomic mass is 9.54. The number of nitrogens with two attached hydrogens (primary N) is 1. The van der Waals surface area contributed by atoms with Gasteiger partial charge in [0.2, 0.25) is 5.91 Å². The summed E-state index contributed by atoms with van der Waals surface area (Å²) in [6.45, 7) is 13.5. The molecule has 3 atom stereocenters. The van der Waals surface area contributed by atoms with Gasteiger partial charge in [0.15, 0.2) is 11.5 Å². The summed E-state index contributed by atoms with van der Waals surface area (Å²) in [5.74, 6) is 1.24. The number of carbonyl (C=O) groups excluding carboxylic acids is 1. The van der Waals surface area contributed by atoms with Crippen molar-refractivity contribution in [3.63, 3.8) is 0 Å². The fourth-order valence-electron chi connectivity index (χ4n) is 3.57. The Hall–Kier alpha value is -1.79. The minimum absolute atomic E-state index is 0.00332. The van der Waals surface area contributed by atoms with E-state index in [1.165, 1.54) is 0 Å². The van der Waals surface area contributed by atoms with Crippen molar-refractivity contribution in [3.05, 3.63) is 23.8 Å². The van der Waals surface area contributed by atoms with Crippen molar-refractivity contribution in [1.29, 1.82) is 0 Å². The van der Waals surface area contributed by atoms with Crippen LogP contribution in [-0.4, -0.2) is 37.4 Å². The van der Waals surface area contributed by atoms with E-state index in [0.717, 1.165) is 5.56 Å². The zero-order chi connectivity index (χ0) is 20.2. The molecule has 1 fully saturated rings. The number of amides is 1. The number of hydrogen-bond acceptors (Lipinski definition) is 5. The molecule has 0 spiro atoms. The quantitative estimate of drug-likeness (QED) is 0.689. The minimum Gasteiger partial charge on any atom is -0.490 e. The SMILES string of the molecule is CCOc1ccc(C(C)NC(=O)C2(N)CC(OCC)C2(C)C)cc1OCC. The first-order chi connectivity index (χ1) is 12.7. The predicted molar refractivity (Wildman–Crippen MR) is 106 cm³/mol. The van der Waals surface area contributed by atoms with Crippen molar-refractivity contribution >= 4 is 5.91 Å². The summed E-state index contributed by atoms with van der Waals surface area (Å²) in [5, 5.41) is 3.06. The van der Waals surface area contributed by atoms with Gasteiger partial charge in [-0.05, 0) is 45.4 Å². The van der Waals surface area contributed by atoms with Crippen LogP contribution in [0.4, 0.5) is 0 Å². The highest BCUT2D eigenvalue weighted by atomic mass is 16.5. The number of ether oxygens (including phenoxy) is 3. The number of carbonyl (C=O) groups is 1. The van der Waals surface area contributed by atoms with Gasteiger partial charge in [0.05, 0.1) is 25.4 Å². The summed E-state index contributed by atoms with van der Waals surface area (Å²) in [7, 11) is 0. The van der Waals surface area contributed by atoms with E-state index in [1.54, 1.807) is 0 Å². The lowest BCUT2D eigenvalue weighted by Gasteiger charge is -2.57. The first-order valence-corrected chi connectivity index (χ1v) is 9.82. The van der Waals surface area contributed by atoms with Crippen LogP contribution in [0.5, 0.6) is 11.5 Å². The first kappa shape index (κ1) is 21.5. The molecule has 3 N–H and O–H groups in total. The van der Waals surface area contributed by atoms with E-state index < -0.39 is 11.0 Å². The highest BCUT2D eigenvalue weighted by Crippen LogP contribution is 2.50. The van der Waals surface area contributed by atoms with Gasteiger partial charge in [-0.25, -0.2) is 0 Å². The maximum Gasteiger partial charge on any atom is 0.241 e. The van der Waals surface area contributed by atoms with Crippen LogP contribution in [0.15, 0.2) is 18.2 Å². The smallest absolute Gasteiger partial charge is 0.241 e. The van der Waals surface area contributed by atoms with Crippen LogP contribution in [0.3, 0.4) is 0 Å². The number of nitrogens with one attached hydrogen (secondary N) is 1. The second-order valence-electron chi connectivity index (χ2n) is 7.61. The molecule has 6 heteroatoms. The van der Waals surface area contributed by atoms with E-state index in [1.807, 2.05) is 59.7 Å². The summed E-state index contributed by atoms with van der Waals surface area (Å²) in [6.07, 6.45) is 0.531. The molecule has 0 aliphatic heterocycles. The van der Waals surface area contributed by atoms with Gasteiger partial charge in [0.25, 0.3) is 0 Å². The van der Waals surface area contributed by atoms with E-state index in [0.29, 0.717) is 37.7 Å². The van der Waals surface area contributed by atoms with E-state index >= 15 is 0 Å². The Morgan fingerprint density at radius 3 is 2.37 bits per heavy atom. The van der Waals surface area contributed by atoms with E-state index in [4.69, 9.17) is 19.9 Å². The largest absolute Gasteiger partial charge is 0.490 e. The molecule has 1 aromatic carbocycles. The molecule has 1 saturated carbocycles. The minimum atomic E-state index is -0.935. The van der Waals surface area contributed by atoms with Crippen LogP contribution < -0.4 is 20.5 Å². The molecule has 1 amide bonds. The fraction of sp³-hybridized carbons (Fsp3) is 0.667. The standard InChI is InChI=1S/C21H34N2O4/c1-7-25-16-11-10-15(12-17(16)26-8-2)14(4)23-19(24)21(22)13-18(27-9-3)20(21,5)6/h10-12,14,18H,7-9,13,22H2,1-6H3,(H,23,24). The highest BCUT2D eigenvalue weighted by Gasteiger charge is 2.62. The van der Waals surface area contributed by atoms with Crippen molar-refractivity contribution in [2.24, 2.45) is 11.1 Å². The molecule has 27 heavy (non-hydrogen) atoms. The van der Waals surface area contributed by atoms with Crippen LogP contribution in [0.1, 0.15) is 59.6 Å². The van der Waals surface area contributed by atoms with Crippen LogP contribution in [0.2, 0.25) is 0 Å². The van der Waals surface area contributed by atoms with Gasteiger partial charge in [0.1, 0.15) is 5.54 Å². The van der Waals surface area contributed by atoms with Crippen molar-refractivity contribution in [1.82, 2.24) is 5.32 Å². The molecule has 1 aromatic rings. The highest BCUT2D eigenvalue weighted by molar-refractivity contribution is 5.89. The maximum atomic E-state index is 12.9. The summed E-state index contributed by atoms with van der Waals surface area (Å²) < 4.78 is 17.0. The fourth-order valence-corrected chi connectivity index (χ4v) is 3.57. The molecule has 0 bridgehead atoms. The summed E-state index contributed by atoms with van der Waals surface area (Å²) in [6, 6.07) is 5.53. The van der Waals surface area contributed by atoms with Gasteiger partial charge in [0, 0.05) is 18.4 Å². The predicted octanol–water partition coefficient (Wildman–Crippen LogP) is 3.19. The Morgan fingerprint density at radius 1 is 1.19 bits per heavy atom. The monoisotopic (exact) mass is 378 g/mol. The molecule has 6 nitrogen and oxygen atoms in total. The normalized spacial score (nSPS) is 24.6. The first-order valence-electron chi connectivity index (χ1n) is 9.82. The third-order valence-electron chi connectivity index (χ3n) is 5.65. The molecule has 0 saturated heterocycles. The van der Waals surface area contributed by atoms with E-state index in [-0.39, 0.29) is 18.1 Å².